The number of rotatable bonds is 15. The summed E-state index contributed by atoms with van der Waals surface area (Å²) in [7, 11) is 0. The van der Waals surface area contributed by atoms with Crippen molar-refractivity contribution < 1.29 is 37.9 Å². The number of ether oxygens (including phenoxy) is 8. The standard InChI is InChI=1S/C64H84O8/c1-62(47-13-3-2-4-14-47,48-35-39-63(40-36-48,50-19-27-54(28-20-50)69-58-15-5-9-43-65-58)51-21-29-55(30-22-51)70-59-16-6-10-44-66-59)49-37-41-64(42-38-49,52-23-31-56(32-24-52)71-60-17-7-11-45-67-60)53-25-33-57(34-26-53)72-61-18-8-12-46-68-61/h19-34,47-49,58-61H,2-18,35-46H2,1H3. The highest BCUT2D eigenvalue weighted by Crippen LogP contribution is 2.61. The van der Waals surface area contributed by atoms with Crippen molar-refractivity contribution in [2.24, 2.45) is 23.2 Å². The minimum absolute atomic E-state index is 0.0938. The molecule has 4 atom stereocenters. The Balaban J connectivity index is 0.858. The zero-order chi connectivity index (χ0) is 48.6. The minimum Gasteiger partial charge on any atom is -0.465 e. The maximum atomic E-state index is 6.39. The lowest BCUT2D eigenvalue weighted by Gasteiger charge is -2.56. The van der Waals surface area contributed by atoms with E-state index in [0.717, 1.165) is 158 Å². The Morgan fingerprint density at radius 1 is 0.319 bits per heavy atom. The van der Waals surface area contributed by atoms with Crippen LogP contribution in [0, 0.1) is 23.2 Å². The predicted octanol–water partition coefficient (Wildman–Crippen LogP) is 15.5. The van der Waals surface area contributed by atoms with Crippen LogP contribution in [-0.4, -0.2) is 51.6 Å². The highest BCUT2D eigenvalue weighted by Gasteiger charge is 2.53. The van der Waals surface area contributed by atoms with Crippen LogP contribution in [0.25, 0.3) is 0 Å². The van der Waals surface area contributed by atoms with Crippen molar-refractivity contribution in [2.75, 3.05) is 26.4 Å². The fraction of sp³-hybridized carbons (Fsp3) is 0.625. The van der Waals surface area contributed by atoms with E-state index in [2.05, 4.69) is 104 Å². The highest BCUT2D eigenvalue weighted by molar-refractivity contribution is 5.46. The van der Waals surface area contributed by atoms with Crippen LogP contribution >= 0.6 is 0 Å². The summed E-state index contributed by atoms with van der Waals surface area (Å²) in [6.07, 6.45) is 28.6. The third-order valence-electron chi connectivity index (χ3n) is 19.2. The molecule has 4 unspecified atom stereocenters. The van der Waals surface area contributed by atoms with E-state index in [9.17, 15) is 0 Å². The van der Waals surface area contributed by atoms with Gasteiger partial charge in [0.2, 0.25) is 0 Å². The molecule has 3 saturated carbocycles. The first-order chi connectivity index (χ1) is 35.4. The van der Waals surface area contributed by atoms with Gasteiger partial charge in [0.15, 0.2) is 25.2 Å². The van der Waals surface area contributed by atoms with Crippen LogP contribution < -0.4 is 18.9 Å². The van der Waals surface area contributed by atoms with Crippen molar-refractivity contribution in [1.29, 1.82) is 0 Å². The predicted molar refractivity (Wildman–Crippen MR) is 283 cm³/mol. The lowest BCUT2D eigenvalue weighted by molar-refractivity contribution is -0.106. The van der Waals surface area contributed by atoms with Gasteiger partial charge in [-0.3, -0.25) is 0 Å². The molecule has 0 aromatic heterocycles. The second-order valence-corrected chi connectivity index (χ2v) is 23.2. The molecule has 11 rings (SSSR count). The fourth-order valence-electron chi connectivity index (χ4n) is 14.9. The van der Waals surface area contributed by atoms with Gasteiger partial charge in [0.25, 0.3) is 0 Å². The molecular weight excluding hydrogens is 897 g/mol. The molecule has 4 aromatic rings. The largest absolute Gasteiger partial charge is 0.465 e. The first kappa shape index (κ1) is 50.1. The van der Waals surface area contributed by atoms with E-state index in [4.69, 9.17) is 37.9 Å². The van der Waals surface area contributed by atoms with E-state index in [0.29, 0.717) is 11.8 Å². The minimum atomic E-state index is -0.152. The van der Waals surface area contributed by atoms with E-state index in [-0.39, 0.29) is 41.4 Å². The maximum absolute atomic E-state index is 6.39. The first-order valence-electron chi connectivity index (χ1n) is 29.0. The Hall–Kier alpha value is -4.08. The van der Waals surface area contributed by atoms with E-state index in [1.54, 1.807) is 0 Å². The smallest absolute Gasteiger partial charge is 0.199 e. The summed E-state index contributed by atoms with van der Waals surface area (Å²) in [5, 5.41) is 0. The molecule has 7 fully saturated rings. The van der Waals surface area contributed by atoms with Gasteiger partial charge in [0, 0.05) is 36.5 Å². The summed E-state index contributed by atoms with van der Waals surface area (Å²) in [5.74, 6) is 5.71. The SMILES string of the molecule is CC(C1CCCCC1)(C1CCC(c2ccc(OC3CCCCO3)cc2)(c2ccc(OC3CCCCO3)cc2)CC1)C1CCC(c2ccc(OC3CCCCO3)cc2)(c2ccc(OC3CCCCO3)cc2)CC1. The summed E-state index contributed by atoms with van der Waals surface area (Å²) >= 11 is 0. The maximum Gasteiger partial charge on any atom is 0.199 e. The summed E-state index contributed by atoms with van der Waals surface area (Å²) < 4.78 is 49.5. The molecule has 388 valence electrons. The van der Waals surface area contributed by atoms with E-state index < -0.39 is 0 Å². The average Bonchev–Trinajstić information content (AvgIpc) is 3.45. The number of hydrogen-bond donors (Lipinski definition) is 0. The lowest BCUT2D eigenvalue weighted by Crippen LogP contribution is -2.48. The Morgan fingerprint density at radius 3 is 0.819 bits per heavy atom. The van der Waals surface area contributed by atoms with Gasteiger partial charge in [-0.2, -0.15) is 0 Å². The second kappa shape index (κ2) is 23.2. The molecular formula is C64H84O8. The molecule has 4 saturated heterocycles. The Bertz CT molecular complexity index is 1960. The van der Waals surface area contributed by atoms with Crippen molar-refractivity contribution in [3.63, 3.8) is 0 Å². The zero-order valence-corrected chi connectivity index (χ0v) is 43.6. The van der Waals surface area contributed by atoms with E-state index in [1.807, 2.05) is 0 Å². The van der Waals surface area contributed by atoms with Gasteiger partial charge >= 0.3 is 0 Å². The zero-order valence-electron chi connectivity index (χ0n) is 43.6. The third-order valence-corrected chi connectivity index (χ3v) is 19.2. The summed E-state index contributed by atoms with van der Waals surface area (Å²) in [4.78, 5) is 0. The quantitative estimate of drug-likeness (QED) is 0.117. The van der Waals surface area contributed by atoms with Gasteiger partial charge in [-0.25, -0.2) is 0 Å². The van der Waals surface area contributed by atoms with Gasteiger partial charge in [-0.15, -0.1) is 0 Å². The van der Waals surface area contributed by atoms with Crippen LogP contribution in [0.4, 0.5) is 0 Å². The topological polar surface area (TPSA) is 73.8 Å². The number of benzene rings is 4. The molecule has 4 aromatic carbocycles. The van der Waals surface area contributed by atoms with Crippen LogP contribution in [0.1, 0.15) is 190 Å². The fourth-order valence-corrected chi connectivity index (χ4v) is 14.9. The Kier molecular flexibility index (Phi) is 16.2. The normalized spacial score (nSPS) is 31.7. The van der Waals surface area contributed by atoms with Gasteiger partial charge in [0.05, 0.1) is 26.4 Å². The third kappa shape index (κ3) is 11.1. The molecule has 4 aliphatic heterocycles. The van der Waals surface area contributed by atoms with Crippen molar-refractivity contribution in [3.8, 4) is 23.0 Å². The average molecular weight is 981 g/mol. The molecule has 8 heteroatoms. The lowest BCUT2D eigenvalue weighted by atomic mass is 9.48. The van der Waals surface area contributed by atoms with Crippen LogP contribution in [-0.2, 0) is 29.8 Å². The van der Waals surface area contributed by atoms with Crippen molar-refractivity contribution in [2.45, 2.75) is 203 Å². The molecule has 0 N–H and O–H groups in total. The van der Waals surface area contributed by atoms with Crippen molar-refractivity contribution in [1.82, 2.24) is 0 Å². The molecule has 0 spiro atoms. The molecule has 72 heavy (non-hydrogen) atoms. The number of hydrogen-bond acceptors (Lipinski definition) is 8. The summed E-state index contributed by atoms with van der Waals surface area (Å²) in [6, 6.07) is 36.6. The molecule has 0 amide bonds. The molecule has 7 aliphatic rings. The Labute approximate surface area is 431 Å². The van der Waals surface area contributed by atoms with E-state index >= 15 is 0 Å². The van der Waals surface area contributed by atoms with Crippen molar-refractivity contribution in [3.05, 3.63) is 119 Å². The van der Waals surface area contributed by atoms with Gasteiger partial charge in [0.1, 0.15) is 23.0 Å². The highest BCUT2D eigenvalue weighted by atomic mass is 16.7. The van der Waals surface area contributed by atoms with Gasteiger partial charge in [-0.05, 0) is 210 Å². The summed E-state index contributed by atoms with van der Waals surface area (Å²) in [5.41, 5.74) is 5.67. The van der Waals surface area contributed by atoms with Gasteiger partial charge < -0.3 is 37.9 Å². The van der Waals surface area contributed by atoms with Crippen LogP contribution in [0.3, 0.4) is 0 Å². The Morgan fingerprint density at radius 2 is 0.569 bits per heavy atom. The van der Waals surface area contributed by atoms with Crippen LogP contribution in [0.15, 0.2) is 97.1 Å². The molecule has 8 nitrogen and oxygen atoms in total. The van der Waals surface area contributed by atoms with Crippen LogP contribution in [0.5, 0.6) is 23.0 Å². The van der Waals surface area contributed by atoms with Gasteiger partial charge in [-0.1, -0.05) is 74.7 Å². The van der Waals surface area contributed by atoms with Crippen molar-refractivity contribution >= 4 is 0 Å². The van der Waals surface area contributed by atoms with Crippen LogP contribution in [0.2, 0.25) is 0 Å². The molecule has 0 bridgehead atoms. The summed E-state index contributed by atoms with van der Waals surface area (Å²) in [6.45, 7) is 5.91. The second-order valence-electron chi connectivity index (χ2n) is 23.2. The van der Waals surface area contributed by atoms with E-state index in [1.165, 1.54) is 80.0 Å². The first-order valence-corrected chi connectivity index (χ1v) is 29.0. The molecule has 4 heterocycles. The molecule has 0 radical (unpaired) electrons. The molecule has 3 aliphatic carbocycles. The monoisotopic (exact) mass is 981 g/mol.